The molecule has 2 nitrogen and oxygen atoms in total. The molecule has 2 N–H and O–H groups in total. The lowest BCUT2D eigenvalue weighted by Crippen LogP contribution is -2.41. The summed E-state index contributed by atoms with van der Waals surface area (Å²) >= 11 is 1.91. The number of thioether (sulfide) groups is 1. The Bertz CT molecular complexity index is 332. The van der Waals surface area contributed by atoms with Gasteiger partial charge in [0, 0.05) is 36.3 Å². The fourth-order valence-electron chi connectivity index (χ4n) is 1.77. The summed E-state index contributed by atoms with van der Waals surface area (Å²) in [7, 11) is 0. The average Bonchev–Trinajstić information content (AvgIpc) is 2.29. The first-order valence-corrected chi connectivity index (χ1v) is 6.16. The summed E-state index contributed by atoms with van der Waals surface area (Å²) in [5.74, 6) is 0.897. The molecule has 0 bridgehead atoms. The van der Waals surface area contributed by atoms with Crippen LogP contribution < -0.4 is 10.6 Å². The van der Waals surface area contributed by atoms with Gasteiger partial charge in [0.15, 0.2) is 0 Å². The van der Waals surface area contributed by atoms with Crippen molar-refractivity contribution in [3.05, 3.63) is 30.1 Å². The van der Waals surface area contributed by atoms with Crippen molar-refractivity contribution in [2.75, 3.05) is 30.3 Å². The zero-order valence-corrected chi connectivity index (χ0v) is 9.34. The molecule has 1 aliphatic heterocycles. The Morgan fingerprint density at radius 1 is 1.53 bits per heavy atom. The Labute approximate surface area is 93.6 Å². The number of hydrogen-bond donors (Lipinski definition) is 1. The minimum absolute atomic E-state index is 0.171. The number of nitrogens with zero attached hydrogens (tertiary/aromatic N) is 1. The van der Waals surface area contributed by atoms with Gasteiger partial charge in [-0.15, -0.1) is 0 Å². The van der Waals surface area contributed by atoms with Crippen molar-refractivity contribution < 1.29 is 4.39 Å². The summed E-state index contributed by atoms with van der Waals surface area (Å²) in [6.07, 6.45) is 0. The van der Waals surface area contributed by atoms with Crippen LogP contribution in [0.15, 0.2) is 24.3 Å². The quantitative estimate of drug-likeness (QED) is 0.832. The van der Waals surface area contributed by atoms with Crippen LogP contribution in [0, 0.1) is 5.82 Å². The van der Waals surface area contributed by atoms with Crippen LogP contribution >= 0.6 is 11.8 Å². The highest BCUT2D eigenvalue weighted by Gasteiger charge is 2.19. The van der Waals surface area contributed by atoms with Gasteiger partial charge in [0.05, 0.1) is 0 Å². The van der Waals surface area contributed by atoms with E-state index in [-0.39, 0.29) is 5.82 Å². The van der Waals surface area contributed by atoms with Crippen LogP contribution in [0.5, 0.6) is 0 Å². The minimum atomic E-state index is -0.171. The summed E-state index contributed by atoms with van der Waals surface area (Å²) in [5.41, 5.74) is 6.62. The highest BCUT2D eigenvalue weighted by Crippen LogP contribution is 2.23. The Morgan fingerprint density at radius 2 is 2.40 bits per heavy atom. The average molecular weight is 226 g/mol. The maximum atomic E-state index is 13.0. The first kappa shape index (κ1) is 10.8. The van der Waals surface area contributed by atoms with Crippen molar-refractivity contribution >= 4 is 17.4 Å². The summed E-state index contributed by atoms with van der Waals surface area (Å²) < 4.78 is 13.0. The Kier molecular flexibility index (Phi) is 3.49. The van der Waals surface area contributed by atoms with Crippen LogP contribution in [0.2, 0.25) is 0 Å². The first-order valence-electron chi connectivity index (χ1n) is 5.12. The van der Waals surface area contributed by atoms with Gasteiger partial charge in [0.2, 0.25) is 0 Å². The van der Waals surface area contributed by atoms with Crippen LogP contribution in [0.3, 0.4) is 0 Å². The second-order valence-electron chi connectivity index (χ2n) is 3.65. The van der Waals surface area contributed by atoms with Crippen LogP contribution in [0.4, 0.5) is 10.1 Å². The molecule has 2 rings (SSSR count). The zero-order chi connectivity index (χ0) is 10.7. The van der Waals surface area contributed by atoms with Gasteiger partial charge in [-0.25, -0.2) is 4.39 Å². The monoisotopic (exact) mass is 226 g/mol. The van der Waals surface area contributed by atoms with Crippen LogP contribution in [0.25, 0.3) is 0 Å². The van der Waals surface area contributed by atoms with Crippen LogP contribution in [0.1, 0.15) is 0 Å². The summed E-state index contributed by atoms with van der Waals surface area (Å²) in [6.45, 7) is 2.59. The molecule has 1 atom stereocenters. The maximum absolute atomic E-state index is 13.0. The number of rotatable bonds is 2. The third-order valence-corrected chi connectivity index (χ3v) is 3.81. The van der Waals surface area contributed by atoms with E-state index in [1.807, 2.05) is 17.8 Å². The van der Waals surface area contributed by atoms with E-state index in [2.05, 4.69) is 4.90 Å². The van der Waals surface area contributed by atoms with Gasteiger partial charge in [-0.2, -0.15) is 11.8 Å². The van der Waals surface area contributed by atoms with Gasteiger partial charge in [0.25, 0.3) is 0 Å². The van der Waals surface area contributed by atoms with E-state index in [0.29, 0.717) is 11.8 Å². The number of anilines is 1. The number of nitrogens with two attached hydrogens (primary N) is 1. The van der Waals surface area contributed by atoms with Gasteiger partial charge in [-0.3, -0.25) is 0 Å². The van der Waals surface area contributed by atoms with Gasteiger partial charge < -0.3 is 10.6 Å². The second-order valence-corrected chi connectivity index (χ2v) is 5.06. The van der Waals surface area contributed by atoms with E-state index in [0.717, 1.165) is 24.5 Å². The molecule has 1 heterocycles. The van der Waals surface area contributed by atoms with Crippen molar-refractivity contribution in [1.29, 1.82) is 0 Å². The van der Waals surface area contributed by atoms with Crippen LogP contribution in [-0.2, 0) is 0 Å². The second kappa shape index (κ2) is 4.86. The number of benzene rings is 1. The molecule has 1 fully saturated rings. The fourth-order valence-corrected chi connectivity index (χ4v) is 2.85. The van der Waals surface area contributed by atoms with Crippen molar-refractivity contribution in [1.82, 2.24) is 0 Å². The lowest BCUT2D eigenvalue weighted by molar-refractivity contribution is 0.626. The van der Waals surface area contributed by atoms with Gasteiger partial charge in [-0.1, -0.05) is 6.07 Å². The summed E-state index contributed by atoms with van der Waals surface area (Å²) in [6, 6.07) is 6.77. The van der Waals surface area contributed by atoms with E-state index in [1.54, 1.807) is 12.1 Å². The number of hydrogen-bond acceptors (Lipinski definition) is 3. The molecule has 0 spiro atoms. The molecule has 4 heteroatoms. The molecule has 0 radical (unpaired) electrons. The predicted molar refractivity (Wildman–Crippen MR) is 63.9 cm³/mol. The molecular weight excluding hydrogens is 211 g/mol. The SMILES string of the molecule is NCC1CN(c2cccc(F)c2)CCS1. The molecule has 0 saturated carbocycles. The maximum Gasteiger partial charge on any atom is 0.125 e. The fraction of sp³-hybridized carbons (Fsp3) is 0.455. The van der Waals surface area contributed by atoms with Gasteiger partial charge >= 0.3 is 0 Å². The molecule has 82 valence electrons. The summed E-state index contributed by atoms with van der Waals surface area (Å²) in [5, 5.41) is 0.474. The summed E-state index contributed by atoms with van der Waals surface area (Å²) in [4.78, 5) is 2.21. The smallest absolute Gasteiger partial charge is 0.125 e. The third kappa shape index (κ3) is 2.63. The normalized spacial score (nSPS) is 21.7. The molecule has 1 unspecified atom stereocenters. The molecule has 1 aromatic carbocycles. The van der Waals surface area contributed by atoms with Crippen molar-refractivity contribution in [3.63, 3.8) is 0 Å². The first-order chi connectivity index (χ1) is 7.29. The third-order valence-electron chi connectivity index (χ3n) is 2.58. The lowest BCUT2D eigenvalue weighted by atomic mass is 10.2. The Morgan fingerprint density at radius 3 is 3.13 bits per heavy atom. The Hall–Kier alpha value is -0.740. The minimum Gasteiger partial charge on any atom is -0.369 e. The van der Waals surface area contributed by atoms with Crippen molar-refractivity contribution in [3.8, 4) is 0 Å². The zero-order valence-electron chi connectivity index (χ0n) is 8.53. The molecule has 1 aliphatic rings. The van der Waals surface area contributed by atoms with E-state index < -0.39 is 0 Å². The van der Waals surface area contributed by atoms with E-state index in [9.17, 15) is 4.39 Å². The molecule has 1 saturated heterocycles. The van der Waals surface area contributed by atoms with E-state index in [1.165, 1.54) is 6.07 Å². The molecule has 0 aromatic heterocycles. The number of halogens is 1. The molecular formula is C11H15FN2S. The van der Waals surface area contributed by atoms with Crippen molar-refractivity contribution in [2.24, 2.45) is 5.73 Å². The molecule has 1 aromatic rings. The molecule has 0 amide bonds. The standard InChI is InChI=1S/C11H15FN2S/c12-9-2-1-3-10(6-9)14-4-5-15-11(7-13)8-14/h1-3,6,11H,4-5,7-8,13H2. The van der Waals surface area contributed by atoms with E-state index >= 15 is 0 Å². The van der Waals surface area contributed by atoms with Crippen molar-refractivity contribution in [2.45, 2.75) is 5.25 Å². The largest absolute Gasteiger partial charge is 0.369 e. The van der Waals surface area contributed by atoms with Gasteiger partial charge in [-0.05, 0) is 18.2 Å². The highest BCUT2D eigenvalue weighted by molar-refractivity contribution is 8.00. The van der Waals surface area contributed by atoms with E-state index in [4.69, 9.17) is 5.73 Å². The van der Waals surface area contributed by atoms with Gasteiger partial charge in [0.1, 0.15) is 5.82 Å². The molecule has 0 aliphatic carbocycles. The highest BCUT2D eigenvalue weighted by atomic mass is 32.2. The molecule has 15 heavy (non-hydrogen) atoms. The Balaban J connectivity index is 2.09. The van der Waals surface area contributed by atoms with Crippen LogP contribution in [-0.4, -0.2) is 30.6 Å². The predicted octanol–water partition coefficient (Wildman–Crippen LogP) is 1.71. The topological polar surface area (TPSA) is 29.3 Å². The lowest BCUT2D eigenvalue weighted by Gasteiger charge is -2.33.